The fourth-order valence-electron chi connectivity index (χ4n) is 3.64. The lowest BCUT2D eigenvalue weighted by Gasteiger charge is -2.41. The fraction of sp³-hybridized carbons (Fsp3) is 0.684. The van der Waals surface area contributed by atoms with Crippen LogP contribution in [0.5, 0.6) is 0 Å². The molecule has 0 amide bonds. The number of nitrogens with zero attached hydrogens (tertiary/aromatic N) is 1. The maximum absolute atomic E-state index is 6.15. The monoisotopic (exact) mass is 288 g/mol. The van der Waals surface area contributed by atoms with Crippen molar-refractivity contribution in [3.8, 4) is 0 Å². The Kier molecular flexibility index (Phi) is 6.25. The molecule has 1 aliphatic heterocycles. The summed E-state index contributed by atoms with van der Waals surface area (Å²) in [6.45, 7) is 8.72. The van der Waals surface area contributed by atoms with Gasteiger partial charge in [-0.05, 0) is 42.9 Å². The second-order valence-corrected chi connectivity index (χ2v) is 6.75. The zero-order valence-corrected chi connectivity index (χ0v) is 14.0. The predicted octanol–water partition coefficient (Wildman–Crippen LogP) is 4.46. The minimum atomic E-state index is 0.392. The first kappa shape index (κ1) is 16.5. The summed E-state index contributed by atoms with van der Waals surface area (Å²) < 4.78 is 0. The number of benzene rings is 1. The summed E-state index contributed by atoms with van der Waals surface area (Å²) in [7, 11) is 0. The molecule has 0 saturated carbocycles. The summed E-state index contributed by atoms with van der Waals surface area (Å²) in [6.07, 6.45) is 6.62. The Labute approximate surface area is 130 Å². The van der Waals surface area contributed by atoms with Crippen LogP contribution >= 0.6 is 0 Å². The van der Waals surface area contributed by atoms with Gasteiger partial charge in [0.15, 0.2) is 0 Å². The Morgan fingerprint density at radius 3 is 2.38 bits per heavy atom. The summed E-state index contributed by atoms with van der Waals surface area (Å²) >= 11 is 0. The SMILES string of the molecule is CCCC1CCCCN1C(CN)c1ccc(C(C)C)cc1. The first-order valence-corrected chi connectivity index (χ1v) is 8.73. The Balaban J connectivity index is 2.16. The van der Waals surface area contributed by atoms with Gasteiger partial charge in [-0.2, -0.15) is 0 Å². The standard InChI is InChI=1S/C19H32N2/c1-4-7-18-8-5-6-13-21(18)19(14-20)17-11-9-16(10-12-17)15(2)3/h9-12,15,18-19H,4-8,13-14,20H2,1-3H3. The van der Waals surface area contributed by atoms with Crippen LogP contribution in [0.3, 0.4) is 0 Å². The van der Waals surface area contributed by atoms with E-state index in [1.54, 1.807) is 0 Å². The Hall–Kier alpha value is -0.860. The van der Waals surface area contributed by atoms with E-state index in [1.165, 1.54) is 49.8 Å². The van der Waals surface area contributed by atoms with E-state index < -0.39 is 0 Å². The molecule has 1 saturated heterocycles. The predicted molar refractivity (Wildman–Crippen MR) is 91.6 cm³/mol. The molecule has 2 N–H and O–H groups in total. The van der Waals surface area contributed by atoms with Gasteiger partial charge < -0.3 is 5.73 Å². The fourth-order valence-corrected chi connectivity index (χ4v) is 3.64. The molecular weight excluding hydrogens is 256 g/mol. The number of hydrogen-bond donors (Lipinski definition) is 1. The molecule has 118 valence electrons. The molecule has 2 rings (SSSR count). The lowest BCUT2D eigenvalue weighted by atomic mass is 9.92. The van der Waals surface area contributed by atoms with Gasteiger partial charge in [0, 0.05) is 18.6 Å². The molecule has 0 spiro atoms. The van der Waals surface area contributed by atoms with Gasteiger partial charge in [-0.3, -0.25) is 4.90 Å². The van der Waals surface area contributed by atoms with Crippen molar-refractivity contribution in [1.29, 1.82) is 0 Å². The van der Waals surface area contributed by atoms with E-state index >= 15 is 0 Å². The molecule has 1 fully saturated rings. The van der Waals surface area contributed by atoms with Crippen molar-refractivity contribution < 1.29 is 0 Å². The van der Waals surface area contributed by atoms with Crippen LogP contribution in [-0.4, -0.2) is 24.0 Å². The molecule has 1 aromatic rings. The second kappa shape index (κ2) is 7.95. The van der Waals surface area contributed by atoms with E-state index in [0.717, 1.165) is 12.6 Å². The Bertz CT molecular complexity index is 408. The van der Waals surface area contributed by atoms with Crippen LogP contribution in [0.25, 0.3) is 0 Å². The average molecular weight is 288 g/mol. The quantitative estimate of drug-likeness (QED) is 0.837. The van der Waals surface area contributed by atoms with Crippen molar-refractivity contribution in [2.75, 3.05) is 13.1 Å². The molecule has 2 nitrogen and oxygen atoms in total. The average Bonchev–Trinajstić information content (AvgIpc) is 2.50. The third-order valence-corrected chi connectivity index (χ3v) is 4.91. The third-order valence-electron chi connectivity index (χ3n) is 4.91. The van der Waals surface area contributed by atoms with Crippen LogP contribution < -0.4 is 5.73 Å². The number of rotatable bonds is 6. The van der Waals surface area contributed by atoms with Crippen molar-refractivity contribution in [3.05, 3.63) is 35.4 Å². The first-order valence-electron chi connectivity index (χ1n) is 8.73. The van der Waals surface area contributed by atoms with Gasteiger partial charge in [-0.25, -0.2) is 0 Å². The Morgan fingerprint density at radius 1 is 1.14 bits per heavy atom. The van der Waals surface area contributed by atoms with Crippen LogP contribution in [0.15, 0.2) is 24.3 Å². The minimum absolute atomic E-state index is 0.392. The third kappa shape index (κ3) is 4.08. The van der Waals surface area contributed by atoms with E-state index in [4.69, 9.17) is 5.73 Å². The van der Waals surface area contributed by atoms with E-state index in [-0.39, 0.29) is 0 Å². The van der Waals surface area contributed by atoms with Crippen molar-refractivity contribution in [2.24, 2.45) is 5.73 Å². The molecule has 1 heterocycles. The van der Waals surface area contributed by atoms with E-state index in [0.29, 0.717) is 12.0 Å². The molecule has 0 radical (unpaired) electrons. The van der Waals surface area contributed by atoms with Gasteiger partial charge in [-0.15, -0.1) is 0 Å². The van der Waals surface area contributed by atoms with Crippen molar-refractivity contribution in [1.82, 2.24) is 4.90 Å². The molecule has 2 unspecified atom stereocenters. The van der Waals surface area contributed by atoms with Gasteiger partial charge in [0.2, 0.25) is 0 Å². The zero-order valence-electron chi connectivity index (χ0n) is 14.0. The maximum Gasteiger partial charge on any atom is 0.0473 e. The molecule has 21 heavy (non-hydrogen) atoms. The number of hydrogen-bond acceptors (Lipinski definition) is 2. The Morgan fingerprint density at radius 2 is 1.81 bits per heavy atom. The van der Waals surface area contributed by atoms with Crippen LogP contribution in [0, 0.1) is 0 Å². The highest BCUT2D eigenvalue weighted by Gasteiger charge is 2.28. The molecule has 0 aliphatic carbocycles. The van der Waals surface area contributed by atoms with Gasteiger partial charge in [0.25, 0.3) is 0 Å². The summed E-state index contributed by atoms with van der Waals surface area (Å²) in [5.74, 6) is 0.596. The molecular formula is C19H32N2. The highest BCUT2D eigenvalue weighted by Crippen LogP contribution is 2.30. The van der Waals surface area contributed by atoms with Gasteiger partial charge in [0.1, 0.15) is 0 Å². The molecule has 1 aliphatic rings. The molecule has 0 bridgehead atoms. The van der Waals surface area contributed by atoms with Crippen LogP contribution in [0.4, 0.5) is 0 Å². The summed E-state index contributed by atoms with van der Waals surface area (Å²) in [5.41, 5.74) is 8.96. The van der Waals surface area contributed by atoms with Gasteiger partial charge >= 0.3 is 0 Å². The second-order valence-electron chi connectivity index (χ2n) is 6.75. The number of likely N-dealkylation sites (tertiary alicyclic amines) is 1. The van der Waals surface area contributed by atoms with Gasteiger partial charge in [-0.1, -0.05) is 57.9 Å². The lowest BCUT2D eigenvalue weighted by Crippen LogP contribution is -2.44. The normalized spacial score (nSPS) is 21.7. The zero-order chi connectivity index (χ0) is 15.2. The van der Waals surface area contributed by atoms with Crippen LogP contribution in [0.1, 0.15) is 76.0 Å². The molecule has 0 aromatic heterocycles. The summed E-state index contributed by atoms with van der Waals surface area (Å²) in [6, 6.07) is 10.3. The maximum atomic E-state index is 6.15. The van der Waals surface area contributed by atoms with E-state index in [1.807, 2.05) is 0 Å². The number of nitrogens with two attached hydrogens (primary N) is 1. The molecule has 2 atom stereocenters. The van der Waals surface area contributed by atoms with Crippen molar-refractivity contribution >= 4 is 0 Å². The highest BCUT2D eigenvalue weighted by molar-refractivity contribution is 5.27. The van der Waals surface area contributed by atoms with Crippen molar-refractivity contribution in [3.63, 3.8) is 0 Å². The molecule has 1 aromatic carbocycles. The number of piperidine rings is 1. The lowest BCUT2D eigenvalue weighted by molar-refractivity contribution is 0.0912. The minimum Gasteiger partial charge on any atom is -0.329 e. The molecule has 2 heteroatoms. The van der Waals surface area contributed by atoms with E-state index in [2.05, 4.69) is 49.9 Å². The van der Waals surface area contributed by atoms with Gasteiger partial charge in [0.05, 0.1) is 0 Å². The smallest absolute Gasteiger partial charge is 0.0473 e. The highest BCUT2D eigenvalue weighted by atomic mass is 15.2. The largest absolute Gasteiger partial charge is 0.329 e. The van der Waals surface area contributed by atoms with Crippen molar-refractivity contribution in [2.45, 2.75) is 70.9 Å². The van der Waals surface area contributed by atoms with Crippen LogP contribution in [0.2, 0.25) is 0 Å². The summed E-state index contributed by atoms with van der Waals surface area (Å²) in [5, 5.41) is 0. The topological polar surface area (TPSA) is 29.3 Å². The van der Waals surface area contributed by atoms with Crippen LogP contribution in [-0.2, 0) is 0 Å². The van der Waals surface area contributed by atoms with E-state index in [9.17, 15) is 0 Å². The first-order chi connectivity index (χ1) is 10.2. The summed E-state index contributed by atoms with van der Waals surface area (Å²) in [4.78, 5) is 2.68.